The fourth-order valence-electron chi connectivity index (χ4n) is 2.10. The maximum atomic E-state index is 9.12. The van der Waals surface area contributed by atoms with Crippen LogP contribution in [-0.2, 0) is 11.2 Å². The summed E-state index contributed by atoms with van der Waals surface area (Å²) in [6.45, 7) is 4.74. The van der Waals surface area contributed by atoms with E-state index in [-0.39, 0.29) is 12.7 Å². The molecule has 1 aliphatic heterocycles. The van der Waals surface area contributed by atoms with E-state index in [9.17, 15) is 0 Å². The first kappa shape index (κ1) is 12.5. The third kappa shape index (κ3) is 3.49. The summed E-state index contributed by atoms with van der Waals surface area (Å²) in [5.74, 6) is 0. The van der Waals surface area contributed by atoms with Crippen molar-refractivity contribution in [2.45, 2.75) is 25.5 Å². The van der Waals surface area contributed by atoms with E-state index in [1.807, 2.05) is 18.3 Å². The van der Waals surface area contributed by atoms with Crippen LogP contribution in [0.1, 0.15) is 12.6 Å². The summed E-state index contributed by atoms with van der Waals surface area (Å²) < 4.78 is 5.51. The van der Waals surface area contributed by atoms with Gasteiger partial charge < -0.3 is 9.84 Å². The van der Waals surface area contributed by atoms with Crippen LogP contribution in [0.15, 0.2) is 24.4 Å². The summed E-state index contributed by atoms with van der Waals surface area (Å²) in [5.41, 5.74) is 1.12. The Morgan fingerprint density at radius 3 is 3.12 bits per heavy atom. The molecule has 2 heterocycles. The molecule has 2 atom stereocenters. The normalized spacial score (nSPS) is 26.0. The van der Waals surface area contributed by atoms with Gasteiger partial charge in [-0.25, -0.2) is 0 Å². The molecular weight excluding hydrogens is 216 g/mol. The third-order valence-corrected chi connectivity index (χ3v) is 3.22. The fourth-order valence-corrected chi connectivity index (χ4v) is 2.10. The molecule has 2 rings (SSSR count). The van der Waals surface area contributed by atoms with Gasteiger partial charge in [-0.1, -0.05) is 6.07 Å². The fraction of sp³-hybridized carbons (Fsp3) is 0.615. The molecule has 17 heavy (non-hydrogen) atoms. The molecule has 0 spiro atoms. The Bertz CT molecular complexity index is 331. The van der Waals surface area contributed by atoms with Crippen LogP contribution in [0.4, 0.5) is 0 Å². The van der Waals surface area contributed by atoms with Crippen molar-refractivity contribution >= 4 is 0 Å². The first-order valence-corrected chi connectivity index (χ1v) is 6.16. The lowest BCUT2D eigenvalue weighted by Crippen LogP contribution is -2.50. The highest BCUT2D eigenvalue weighted by molar-refractivity contribution is 5.04. The largest absolute Gasteiger partial charge is 0.394 e. The number of aliphatic hydroxyl groups excluding tert-OH is 1. The lowest BCUT2D eigenvalue weighted by molar-refractivity contribution is -0.0773. The number of rotatable bonds is 4. The average molecular weight is 236 g/mol. The second kappa shape index (κ2) is 6.10. The van der Waals surface area contributed by atoms with Crippen LogP contribution < -0.4 is 0 Å². The number of hydrogen-bond donors (Lipinski definition) is 1. The van der Waals surface area contributed by atoms with E-state index in [1.54, 1.807) is 0 Å². The van der Waals surface area contributed by atoms with Gasteiger partial charge in [-0.05, 0) is 19.1 Å². The van der Waals surface area contributed by atoms with E-state index in [1.165, 1.54) is 0 Å². The van der Waals surface area contributed by atoms with E-state index < -0.39 is 0 Å². The highest BCUT2D eigenvalue weighted by Gasteiger charge is 2.25. The minimum absolute atomic E-state index is 0.0325. The summed E-state index contributed by atoms with van der Waals surface area (Å²) in [4.78, 5) is 6.68. The van der Waals surface area contributed by atoms with Crippen molar-refractivity contribution in [3.8, 4) is 0 Å². The maximum Gasteiger partial charge on any atom is 0.0933 e. The second-order valence-electron chi connectivity index (χ2n) is 4.55. The molecule has 1 saturated heterocycles. The number of aliphatic hydroxyl groups is 1. The van der Waals surface area contributed by atoms with E-state index >= 15 is 0 Å². The van der Waals surface area contributed by atoms with E-state index in [4.69, 9.17) is 9.84 Å². The Morgan fingerprint density at radius 2 is 2.41 bits per heavy atom. The van der Waals surface area contributed by atoms with Crippen LogP contribution in [-0.4, -0.2) is 53.4 Å². The molecule has 1 N–H and O–H groups in total. The van der Waals surface area contributed by atoms with Gasteiger partial charge >= 0.3 is 0 Å². The summed E-state index contributed by atoms with van der Waals surface area (Å²) in [5, 5.41) is 9.12. The van der Waals surface area contributed by atoms with Crippen LogP contribution >= 0.6 is 0 Å². The molecule has 0 radical (unpaired) electrons. The van der Waals surface area contributed by atoms with Gasteiger partial charge in [-0.15, -0.1) is 0 Å². The molecule has 2 unspecified atom stereocenters. The zero-order valence-electron chi connectivity index (χ0n) is 10.2. The molecular formula is C13H20N2O2. The number of aromatic nitrogens is 1. The molecule has 4 heteroatoms. The van der Waals surface area contributed by atoms with Gasteiger partial charge in [0.05, 0.1) is 19.3 Å². The molecule has 1 fully saturated rings. The monoisotopic (exact) mass is 236 g/mol. The van der Waals surface area contributed by atoms with Crippen molar-refractivity contribution in [1.82, 2.24) is 9.88 Å². The van der Waals surface area contributed by atoms with E-state index in [2.05, 4.69) is 22.9 Å². The molecule has 0 aliphatic carbocycles. The number of morpholine rings is 1. The van der Waals surface area contributed by atoms with Crippen molar-refractivity contribution in [2.75, 3.05) is 26.3 Å². The topological polar surface area (TPSA) is 45.6 Å². The van der Waals surface area contributed by atoms with Crippen molar-refractivity contribution < 1.29 is 9.84 Å². The number of hydrogen-bond acceptors (Lipinski definition) is 4. The predicted molar refractivity (Wildman–Crippen MR) is 65.8 cm³/mol. The molecule has 4 nitrogen and oxygen atoms in total. The minimum atomic E-state index is -0.0325. The molecule has 1 aromatic rings. The number of pyridine rings is 1. The summed E-state index contributed by atoms with van der Waals surface area (Å²) >= 11 is 0. The smallest absolute Gasteiger partial charge is 0.0933 e. The third-order valence-electron chi connectivity index (χ3n) is 3.22. The highest BCUT2D eigenvalue weighted by Crippen LogP contribution is 2.12. The zero-order valence-corrected chi connectivity index (χ0v) is 10.2. The summed E-state index contributed by atoms with van der Waals surface area (Å²) in [6.07, 6.45) is 2.74. The molecule has 0 amide bonds. The molecule has 1 aliphatic rings. The standard InChI is InChI=1S/C13H20N2O2/c1-11-10-17-13(9-16)8-15(11)7-5-12-4-2-3-6-14-12/h2-4,6,11,13,16H,5,7-10H2,1H3. The highest BCUT2D eigenvalue weighted by atomic mass is 16.5. The lowest BCUT2D eigenvalue weighted by atomic mass is 10.1. The van der Waals surface area contributed by atoms with E-state index in [0.717, 1.165) is 25.2 Å². The Labute approximate surface area is 102 Å². The first-order valence-electron chi connectivity index (χ1n) is 6.16. The van der Waals surface area contributed by atoms with Crippen molar-refractivity contribution in [1.29, 1.82) is 0 Å². The summed E-state index contributed by atoms with van der Waals surface area (Å²) in [7, 11) is 0. The van der Waals surface area contributed by atoms with Crippen molar-refractivity contribution in [3.05, 3.63) is 30.1 Å². The first-order chi connectivity index (χ1) is 8.29. The predicted octanol–water partition coefficient (Wildman–Crippen LogP) is 0.706. The van der Waals surface area contributed by atoms with Gasteiger partial charge in [0.1, 0.15) is 0 Å². The molecule has 94 valence electrons. The van der Waals surface area contributed by atoms with Gasteiger partial charge in [-0.3, -0.25) is 9.88 Å². The van der Waals surface area contributed by atoms with Crippen LogP contribution in [0.5, 0.6) is 0 Å². The maximum absolute atomic E-state index is 9.12. The Balaban J connectivity index is 1.85. The van der Waals surface area contributed by atoms with Crippen molar-refractivity contribution in [2.24, 2.45) is 0 Å². The number of nitrogens with zero attached hydrogens (tertiary/aromatic N) is 2. The van der Waals surface area contributed by atoms with Crippen LogP contribution in [0.2, 0.25) is 0 Å². The summed E-state index contributed by atoms with van der Waals surface area (Å²) in [6, 6.07) is 6.42. The average Bonchev–Trinajstić information content (AvgIpc) is 2.39. The second-order valence-corrected chi connectivity index (χ2v) is 4.55. The van der Waals surface area contributed by atoms with Gasteiger partial charge in [0.25, 0.3) is 0 Å². The van der Waals surface area contributed by atoms with Gasteiger partial charge in [0.15, 0.2) is 0 Å². The van der Waals surface area contributed by atoms with Gasteiger partial charge in [0, 0.05) is 37.4 Å². The van der Waals surface area contributed by atoms with Crippen molar-refractivity contribution in [3.63, 3.8) is 0 Å². The molecule has 0 aromatic carbocycles. The lowest BCUT2D eigenvalue weighted by Gasteiger charge is -2.37. The van der Waals surface area contributed by atoms with Crippen LogP contribution in [0.3, 0.4) is 0 Å². The van der Waals surface area contributed by atoms with Gasteiger partial charge in [0.2, 0.25) is 0 Å². The van der Waals surface area contributed by atoms with Crippen LogP contribution in [0, 0.1) is 0 Å². The molecule has 0 bridgehead atoms. The Kier molecular flexibility index (Phi) is 4.48. The van der Waals surface area contributed by atoms with Gasteiger partial charge in [-0.2, -0.15) is 0 Å². The van der Waals surface area contributed by atoms with E-state index in [0.29, 0.717) is 12.6 Å². The zero-order chi connectivity index (χ0) is 12.1. The van der Waals surface area contributed by atoms with Crippen LogP contribution in [0.25, 0.3) is 0 Å². The molecule has 1 aromatic heterocycles. The Hall–Kier alpha value is -0.970. The molecule has 0 saturated carbocycles. The SMILES string of the molecule is CC1COC(CO)CN1CCc1ccccn1. The number of ether oxygens (including phenoxy) is 1. The minimum Gasteiger partial charge on any atom is -0.394 e. The Morgan fingerprint density at radius 1 is 1.53 bits per heavy atom. The quantitative estimate of drug-likeness (QED) is 0.836.